The molecule has 0 unspecified atom stereocenters. The minimum Gasteiger partial charge on any atom is -0.481 e. The summed E-state index contributed by atoms with van der Waals surface area (Å²) in [5.41, 5.74) is -0.165. The number of carboxylic acids is 2. The van der Waals surface area contributed by atoms with Gasteiger partial charge in [0, 0.05) is 18.8 Å². The normalized spacial score (nSPS) is 23.1. The van der Waals surface area contributed by atoms with E-state index in [1.54, 1.807) is 6.92 Å². The molecule has 8 nitrogen and oxygen atoms in total. The number of carboxylic acid groups (broad SMARTS) is 2. The van der Waals surface area contributed by atoms with Crippen molar-refractivity contribution in [2.75, 3.05) is 6.54 Å². The van der Waals surface area contributed by atoms with Crippen LogP contribution >= 0.6 is 0 Å². The Labute approximate surface area is 127 Å². The quantitative estimate of drug-likeness (QED) is 0.831. The molecule has 1 aromatic rings. The van der Waals surface area contributed by atoms with Crippen molar-refractivity contribution in [1.29, 1.82) is 0 Å². The Balaban J connectivity index is 2.29. The second-order valence-corrected chi connectivity index (χ2v) is 7.05. The van der Waals surface area contributed by atoms with E-state index in [0.717, 1.165) is 12.3 Å². The van der Waals surface area contributed by atoms with Crippen LogP contribution in [-0.2, 0) is 14.8 Å². The number of aromatic nitrogens is 1. The first-order chi connectivity index (χ1) is 10.2. The van der Waals surface area contributed by atoms with Crippen LogP contribution in [0.5, 0.6) is 0 Å². The Hall–Kier alpha value is -2.00. The van der Waals surface area contributed by atoms with E-state index < -0.39 is 33.9 Å². The number of rotatable bonds is 4. The van der Waals surface area contributed by atoms with Crippen LogP contribution in [0.25, 0.3) is 0 Å². The molecule has 2 heterocycles. The molecule has 9 heteroatoms. The van der Waals surface area contributed by atoms with Crippen LogP contribution in [0, 0.1) is 5.92 Å². The highest BCUT2D eigenvalue weighted by Gasteiger charge is 2.37. The first kappa shape index (κ1) is 16.4. The van der Waals surface area contributed by atoms with Crippen molar-refractivity contribution in [3.63, 3.8) is 0 Å². The van der Waals surface area contributed by atoms with Crippen LogP contribution in [0.4, 0.5) is 0 Å². The number of carbonyl (C=O) groups is 2. The molecule has 0 spiro atoms. The van der Waals surface area contributed by atoms with Gasteiger partial charge in [-0.3, -0.25) is 4.79 Å². The predicted octanol–water partition coefficient (Wildman–Crippen LogP) is 0.654. The highest BCUT2D eigenvalue weighted by atomic mass is 32.2. The third-order valence-corrected chi connectivity index (χ3v) is 5.63. The molecule has 0 amide bonds. The molecule has 1 aliphatic heterocycles. The molecule has 2 atom stereocenters. The molecule has 0 aromatic carbocycles. The van der Waals surface area contributed by atoms with E-state index in [2.05, 4.69) is 4.98 Å². The number of hydrogen-bond donors (Lipinski definition) is 2. The number of hydrogen-bond acceptors (Lipinski definition) is 5. The summed E-state index contributed by atoms with van der Waals surface area (Å²) in [6, 6.07) is 1.73. The van der Waals surface area contributed by atoms with Gasteiger partial charge in [0.25, 0.3) is 10.0 Å². The second kappa shape index (κ2) is 6.01. The third-order valence-electron chi connectivity index (χ3n) is 3.72. The molecule has 0 aliphatic carbocycles. The lowest BCUT2D eigenvalue weighted by Gasteiger charge is -2.34. The van der Waals surface area contributed by atoms with Crippen LogP contribution in [0.3, 0.4) is 0 Å². The number of piperidine rings is 1. The van der Waals surface area contributed by atoms with Gasteiger partial charge in [-0.2, -0.15) is 4.31 Å². The zero-order valence-electron chi connectivity index (χ0n) is 11.8. The van der Waals surface area contributed by atoms with Gasteiger partial charge in [-0.15, -0.1) is 0 Å². The first-order valence-corrected chi connectivity index (χ1v) is 8.11. The molecule has 1 saturated heterocycles. The molecule has 22 heavy (non-hydrogen) atoms. The molecule has 1 aliphatic rings. The fourth-order valence-corrected chi connectivity index (χ4v) is 4.15. The fraction of sp³-hybridized carbons (Fsp3) is 0.462. The number of nitrogens with zero attached hydrogens (tertiary/aromatic N) is 2. The predicted molar refractivity (Wildman–Crippen MR) is 74.9 cm³/mol. The lowest BCUT2D eigenvalue weighted by molar-refractivity contribution is -0.143. The molecule has 2 N–H and O–H groups in total. The summed E-state index contributed by atoms with van der Waals surface area (Å²) in [4.78, 5) is 25.7. The minimum absolute atomic E-state index is 0.0689. The highest BCUT2D eigenvalue weighted by Crippen LogP contribution is 2.28. The standard InChI is InChI=1S/C13H16N2O6S/c1-8-6-10(13(18)19)3-5-15(8)22(20,21)11-7-9(12(16)17)2-4-14-11/h2,4,7-8,10H,3,5-6H2,1H3,(H,16,17)(H,18,19)/t8-,10-/m1/s1. The monoisotopic (exact) mass is 328 g/mol. The Bertz CT molecular complexity index is 702. The third kappa shape index (κ3) is 3.09. The van der Waals surface area contributed by atoms with Gasteiger partial charge in [-0.05, 0) is 31.9 Å². The van der Waals surface area contributed by atoms with Crippen LogP contribution < -0.4 is 0 Å². The van der Waals surface area contributed by atoms with Crippen molar-refractivity contribution >= 4 is 22.0 Å². The summed E-state index contributed by atoms with van der Waals surface area (Å²) in [6.07, 6.45) is 1.57. The van der Waals surface area contributed by atoms with E-state index in [-0.39, 0.29) is 30.0 Å². The number of aromatic carboxylic acids is 1. The van der Waals surface area contributed by atoms with E-state index >= 15 is 0 Å². The van der Waals surface area contributed by atoms with Crippen molar-refractivity contribution in [3.8, 4) is 0 Å². The fourth-order valence-electron chi connectivity index (χ4n) is 2.54. The molecule has 1 aromatic heterocycles. The molecular weight excluding hydrogens is 312 g/mol. The van der Waals surface area contributed by atoms with Gasteiger partial charge < -0.3 is 10.2 Å². The SMILES string of the molecule is C[C@@H]1C[C@H](C(=O)O)CCN1S(=O)(=O)c1cc(C(=O)O)ccn1. The summed E-state index contributed by atoms with van der Waals surface area (Å²) in [7, 11) is -3.95. The Morgan fingerprint density at radius 1 is 1.36 bits per heavy atom. The first-order valence-electron chi connectivity index (χ1n) is 6.67. The van der Waals surface area contributed by atoms with Crippen LogP contribution in [-0.4, -0.2) is 52.4 Å². The lowest BCUT2D eigenvalue weighted by Crippen LogP contribution is -2.46. The number of sulfonamides is 1. The van der Waals surface area contributed by atoms with Crippen molar-refractivity contribution in [2.24, 2.45) is 5.92 Å². The summed E-state index contributed by atoms with van der Waals surface area (Å²) in [6.45, 7) is 1.70. The van der Waals surface area contributed by atoms with Crippen molar-refractivity contribution in [3.05, 3.63) is 23.9 Å². The van der Waals surface area contributed by atoms with E-state index in [1.807, 2.05) is 0 Å². The highest BCUT2D eigenvalue weighted by molar-refractivity contribution is 7.89. The molecule has 120 valence electrons. The lowest BCUT2D eigenvalue weighted by atomic mass is 9.93. The number of aliphatic carboxylic acids is 1. The Morgan fingerprint density at radius 2 is 2.05 bits per heavy atom. The van der Waals surface area contributed by atoms with Crippen LogP contribution in [0.15, 0.2) is 23.4 Å². The van der Waals surface area contributed by atoms with Gasteiger partial charge >= 0.3 is 11.9 Å². The Morgan fingerprint density at radius 3 is 2.59 bits per heavy atom. The molecule has 2 rings (SSSR count). The molecule has 0 radical (unpaired) electrons. The Kier molecular flexibility index (Phi) is 4.47. The largest absolute Gasteiger partial charge is 0.481 e. The van der Waals surface area contributed by atoms with Crippen molar-refractivity contribution < 1.29 is 28.2 Å². The molecule has 0 bridgehead atoms. The second-order valence-electron chi connectivity index (χ2n) is 5.21. The molecule has 0 saturated carbocycles. The van der Waals surface area contributed by atoms with Gasteiger partial charge in [-0.25, -0.2) is 18.2 Å². The zero-order valence-corrected chi connectivity index (χ0v) is 12.7. The maximum atomic E-state index is 12.6. The van der Waals surface area contributed by atoms with Crippen molar-refractivity contribution in [2.45, 2.75) is 30.8 Å². The summed E-state index contributed by atoms with van der Waals surface area (Å²) in [5.74, 6) is -2.74. The summed E-state index contributed by atoms with van der Waals surface area (Å²) < 4.78 is 26.3. The van der Waals surface area contributed by atoms with Crippen LogP contribution in [0.2, 0.25) is 0 Å². The van der Waals surface area contributed by atoms with E-state index in [1.165, 1.54) is 10.4 Å². The average Bonchev–Trinajstić information content (AvgIpc) is 2.46. The van der Waals surface area contributed by atoms with E-state index in [4.69, 9.17) is 10.2 Å². The van der Waals surface area contributed by atoms with Gasteiger partial charge in [0.05, 0.1) is 11.5 Å². The summed E-state index contributed by atoms with van der Waals surface area (Å²) >= 11 is 0. The summed E-state index contributed by atoms with van der Waals surface area (Å²) in [5, 5.41) is 17.6. The minimum atomic E-state index is -3.95. The molecular formula is C13H16N2O6S. The maximum Gasteiger partial charge on any atom is 0.335 e. The van der Waals surface area contributed by atoms with Crippen LogP contribution in [0.1, 0.15) is 30.1 Å². The zero-order chi connectivity index (χ0) is 16.5. The smallest absolute Gasteiger partial charge is 0.335 e. The molecule has 1 fully saturated rings. The van der Waals surface area contributed by atoms with Crippen molar-refractivity contribution in [1.82, 2.24) is 9.29 Å². The maximum absolute atomic E-state index is 12.6. The topological polar surface area (TPSA) is 125 Å². The van der Waals surface area contributed by atoms with E-state index in [9.17, 15) is 18.0 Å². The van der Waals surface area contributed by atoms with Gasteiger partial charge in [0.15, 0.2) is 5.03 Å². The van der Waals surface area contributed by atoms with Gasteiger partial charge in [0.1, 0.15) is 0 Å². The van der Waals surface area contributed by atoms with Gasteiger partial charge in [0.2, 0.25) is 0 Å². The van der Waals surface area contributed by atoms with E-state index in [0.29, 0.717) is 0 Å². The average molecular weight is 328 g/mol. The van der Waals surface area contributed by atoms with Gasteiger partial charge in [-0.1, -0.05) is 0 Å². The number of pyridine rings is 1.